The van der Waals surface area contributed by atoms with E-state index in [1.807, 2.05) is 17.9 Å². The molecule has 3 atom stereocenters. The standard InChI is InChI=1S/C15H27N3S2/c1-4-7-16-14(15-12(2)19-8-9-20-15)6-5-13-10-17-18(3)11-13/h10-12,14-16H,4-9H2,1-3H3. The average molecular weight is 314 g/mol. The third-order valence-corrected chi connectivity index (χ3v) is 7.04. The average Bonchev–Trinajstić information content (AvgIpc) is 2.86. The largest absolute Gasteiger partial charge is 0.313 e. The van der Waals surface area contributed by atoms with Gasteiger partial charge in [0, 0.05) is 41.3 Å². The minimum Gasteiger partial charge on any atom is -0.313 e. The monoisotopic (exact) mass is 313 g/mol. The summed E-state index contributed by atoms with van der Waals surface area (Å²) in [4.78, 5) is 0. The molecule has 114 valence electrons. The number of hydrogen-bond acceptors (Lipinski definition) is 4. The van der Waals surface area contributed by atoms with E-state index in [1.165, 1.54) is 29.9 Å². The quantitative estimate of drug-likeness (QED) is 0.838. The molecule has 0 bridgehead atoms. The van der Waals surface area contributed by atoms with Gasteiger partial charge in [0.25, 0.3) is 0 Å². The lowest BCUT2D eigenvalue weighted by molar-refractivity contribution is 0.461. The number of nitrogens with zero attached hydrogens (tertiary/aromatic N) is 2. The second-order valence-electron chi connectivity index (χ2n) is 5.53. The Hall–Kier alpha value is -0.130. The van der Waals surface area contributed by atoms with E-state index in [0.717, 1.165) is 23.5 Å². The van der Waals surface area contributed by atoms with Crippen molar-refractivity contribution in [2.75, 3.05) is 18.1 Å². The zero-order valence-electron chi connectivity index (χ0n) is 12.8. The second-order valence-corrected chi connectivity index (χ2v) is 8.30. The van der Waals surface area contributed by atoms with Crippen molar-refractivity contribution >= 4 is 23.5 Å². The summed E-state index contributed by atoms with van der Waals surface area (Å²) in [5.41, 5.74) is 1.36. The third kappa shape index (κ3) is 4.71. The normalized spacial score (nSPS) is 24.8. The molecule has 0 aliphatic carbocycles. The zero-order valence-corrected chi connectivity index (χ0v) is 14.5. The van der Waals surface area contributed by atoms with Crippen molar-refractivity contribution in [2.24, 2.45) is 7.05 Å². The molecule has 20 heavy (non-hydrogen) atoms. The predicted molar refractivity (Wildman–Crippen MR) is 91.8 cm³/mol. The molecule has 0 spiro atoms. The van der Waals surface area contributed by atoms with E-state index in [1.54, 1.807) is 0 Å². The molecule has 0 amide bonds. The number of rotatable bonds is 7. The van der Waals surface area contributed by atoms with Gasteiger partial charge in [0.1, 0.15) is 0 Å². The summed E-state index contributed by atoms with van der Waals surface area (Å²) in [5, 5.41) is 9.56. The maximum atomic E-state index is 4.27. The fourth-order valence-corrected chi connectivity index (χ4v) is 5.73. The molecule has 1 N–H and O–H groups in total. The third-order valence-electron chi connectivity index (χ3n) is 3.79. The summed E-state index contributed by atoms with van der Waals surface area (Å²) in [6, 6.07) is 0.628. The Bertz CT molecular complexity index is 394. The summed E-state index contributed by atoms with van der Waals surface area (Å²) in [7, 11) is 1.99. The molecule has 1 aliphatic rings. The topological polar surface area (TPSA) is 29.9 Å². The first-order valence-electron chi connectivity index (χ1n) is 7.64. The Morgan fingerprint density at radius 2 is 2.25 bits per heavy atom. The molecule has 1 aromatic heterocycles. The highest BCUT2D eigenvalue weighted by Crippen LogP contribution is 2.34. The van der Waals surface area contributed by atoms with Crippen LogP contribution in [-0.4, -0.2) is 44.4 Å². The van der Waals surface area contributed by atoms with Crippen molar-refractivity contribution in [3.8, 4) is 0 Å². The fourth-order valence-electron chi connectivity index (χ4n) is 2.73. The first kappa shape index (κ1) is 16.2. The molecular formula is C15H27N3S2. The Morgan fingerprint density at radius 1 is 1.45 bits per heavy atom. The van der Waals surface area contributed by atoms with Crippen LogP contribution in [0, 0.1) is 0 Å². The van der Waals surface area contributed by atoms with Crippen LogP contribution in [0.2, 0.25) is 0 Å². The highest BCUT2D eigenvalue weighted by molar-refractivity contribution is 8.07. The molecule has 0 aromatic carbocycles. The maximum absolute atomic E-state index is 4.27. The molecule has 0 radical (unpaired) electrons. The van der Waals surface area contributed by atoms with E-state index in [-0.39, 0.29) is 0 Å². The Morgan fingerprint density at radius 3 is 2.90 bits per heavy atom. The highest BCUT2D eigenvalue weighted by atomic mass is 32.2. The van der Waals surface area contributed by atoms with Crippen molar-refractivity contribution in [1.82, 2.24) is 15.1 Å². The SMILES string of the molecule is CCCNC(CCc1cnn(C)c1)C1SCCSC1C. The molecule has 0 saturated carbocycles. The molecule has 1 aromatic rings. The first-order valence-corrected chi connectivity index (χ1v) is 9.74. The minimum atomic E-state index is 0.628. The molecule has 1 aliphatic heterocycles. The van der Waals surface area contributed by atoms with Gasteiger partial charge < -0.3 is 5.32 Å². The molecule has 3 nitrogen and oxygen atoms in total. The van der Waals surface area contributed by atoms with Gasteiger partial charge in [-0.1, -0.05) is 13.8 Å². The van der Waals surface area contributed by atoms with Gasteiger partial charge in [-0.25, -0.2) is 0 Å². The number of thioether (sulfide) groups is 2. The Labute approximate surface area is 131 Å². The molecule has 5 heteroatoms. The van der Waals surface area contributed by atoms with Crippen molar-refractivity contribution in [3.05, 3.63) is 18.0 Å². The number of hydrogen-bond donors (Lipinski definition) is 1. The van der Waals surface area contributed by atoms with Crippen LogP contribution in [0.25, 0.3) is 0 Å². The summed E-state index contributed by atoms with van der Waals surface area (Å²) in [5.74, 6) is 2.61. The van der Waals surface area contributed by atoms with Crippen LogP contribution in [0.15, 0.2) is 12.4 Å². The Balaban J connectivity index is 1.91. The van der Waals surface area contributed by atoms with E-state index in [4.69, 9.17) is 0 Å². The van der Waals surface area contributed by atoms with E-state index in [9.17, 15) is 0 Å². The van der Waals surface area contributed by atoms with Crippen LogP contribution >= 0.6 is 23.5 Å². The van der Waals surface area contributed by atoms with Crippen LogP contribution in [0.1, 0.15) is 32.3 Å². The van der Waals surface area contributed by atoms with Gasteiger partial charge in [0.05, 0.1) is 6.20 Å². The lowest BCUT2D eigenvalue weighted by atomic mass is 10.0. The Kier molecular flexibility index (Phi) is 6.78. The molecule has 1 fully saturated rings. The van der Waals surface area contributed by atoms with Gasteiger partial charge in [0.2, 0.25) is 0 Å². The molecule has 1 saturated heterocycles. The lowest BCUT2D eigenvalue weighted by Gasteiger charge is -2.35. The van der Waals surface area contributed by atoms with Crippen LogP contribution in [-0.2, 0) is 13.5 Å². The number of nitrogens with one attached hydrogen (secondary N) is 1. The molecule has 3 unspecified atom stereocenters. The van der Waals surface area contributed by atoms with Gasteiger partial charge in [-0.15, -0.1) is 0 Å². The maximum Gasteiger partial charge on any atom is 0.0521 e. The fraction of sp³-hybridized carbons (Fsp3) is 0.800. The van der Waals surface area contributed by atoms with Crippen LogP contribution in [0.4, 0.5) is 0 Å². The lowest BCUT2D eigenvalue weighted by Crippen LogP contribution is -2.44. The van der Waals surface area contributed by atoms with Crippen LogP contribution in [0.3, 0.4) is 0 Å². The van der Waals surface area contributed by atoms with Gasteiger partial charge in [-0.2, -0.15) is 28.6 Å². The number of aromatic nitrogens is 2. The predicted octanol–water partition coefficient (Wildman–Crippen LogP) is 2.96. The molecule has 2 rings (SSSR count). The van der Waals surface area contributed by atoms with Crippen molar-refractivity contribution in [2.45, 2.75) is 49.7 Å². The minimum absolute atomic E-state index is 0.628. The summed E-state index contributed by atoms with van der Waals surface area (Å²) in [6.07, 6.45) is 7.70. The van der Waals surface area contributed by atoms with Gasteiger partial charge >= 0.3 is 0 Å². The molecular weight excluding hydrogens is 286 g/mol. The van der Waals surface area contributed by atoms with E-state index in [0.29, 0.717) is 6.04 Å². The second kappa shape index (κ2) is 8.35. The van der Waals surface area contributed by atoms with E-state index >= 15 is 0 Å². The summed E-state index contributed by atoms with van der Waals surface area (Å²) >= 11 is 4.30. The summed E-state index contributed by atoms with van der Waals surface area (Å²) in [6.45, 7) is 5.77. The van der Waals surface area contributed by atoms with Gasteiger partial charge in [0.15, 0.2) is 0 Å². The van der Waals surface area contributed by atoms with Crippen molar-refractivity contribution in [3.63, 3.8) is 0 Å². The van der Waals surface area contributed by atoms with E-state index in [2.05, 4.69) is 54.0 Å². The van der Waals surface area contributed by atoms with Gasteiger partial charge in [-0.05, 0) is 31.4 Å². The number of aryl methyl sites for hydroxylation is 2. The van der Waals surface area contributed by atoms with E-state index < -0.39 is 0 Å². The molecule has 2 heterocycles. The zero-order chi connectivity index (χ0) is 14.4. The van der Waals surface area contributed by atoms with Crippen LogP contribution in [0.5, 0.6) is 0 Å². The first-order chi connectivity index (χ1) is 9.70. The van der Waals surface area contributed by atoms with Crippen LogP contribution < -0.4 is 5.32 Å². The van der Waals surface area contributed by atoms with Gasteiger partial charge in [-0.3, -0.25) is 4.68 Å². The summed E-state index contributed by atoms with van der Waals surface area (Å²) < 4.78 is 1.90. The highest BCUT2D eigenvalue weighted by Gasteiger charge is 2.29. The van der Waals surface area contributed by atoms with Crippen molar-refractivity contribution in [1.29, 1.82) is 0 Å². The smallest absolute Gasteiger partial charge is 0.0521 e. The van der Waals surface area contributed by atoms with Crippen molar-refractivity contribution < 1.29 is 0 Å².